The average Bonchev–Trinajstić information content (AvgIpc) is 2.26. The summed E-state index contributed by atoms with van der Waals surface area (Å²) in [5, 5.41) is 0. The number of piperidine rings is 1. The second-order valence-corrected chi connectivity index (χ2v) is 6.43. The molecule has 19 heavy (non-hydrogen) atoms. The van der Waals surface area contributed by atoms with Crippen LogP contribution in [0.1, 0.15) is 47.5 Å². The Morgan fingerprint density at radius 1 is 1.32 bits per heavy atom. The summed E-state index contributed by atoms with van der Waals surface area (Å²) in [4.78, 5) is 25.4. The van der Waals surface area contributed by atoms with Gasteiger partial charge in [0.2, 0.25) is 5.91 Å². The second kappa shape index (κ2) is 5.90. The number of likely N-dealkylation sites (tertiary alicyclic amines) is 1. The average molecular weight is 270 g/mol. The summed E-state index contributed by atoms with van der Waals surface area (Å²) in [5.41, 5.74) is 4.88. The van der Waals surface area contributed by atoms with Crippen LogP contribution in [0.3, 0.4) is 0 Å². The van der Waals surface area contributed by atoms with Crippen LogP contribution >= 0.6 is 0 Å². The molecule has 3 unspecified atom stereocenters. The summed E-state index contributed by atoms with van der Waals surface area (Å²) < 4.78 is 5.40. The number of rotatable bonds is 3. The number of nitrogens with two attached hydrogens (primary N) is 1. The quantitative estimate of drug-likeness (QED) is 0.785. The van der Waals surface area contributed by atoms with Crippen molar-refractivity contribution in [3.05, 3.63) is 0 Å². The predicted molar refractivity (Wildman–Crippen MR) is 73.4 cm³/mol. The van der Waals surface area contributed by atoms with Crippen LogP contribution in [0, 0.1) is 5.92 Å². The third-order valence-corrected chi connectivity index (χ3v) is 3.58. The van der Waals surface area contributed by atoms with Gasteiger partial charge in [0.05, 0.1) is 5.92 Å². The molecule has 1 aliphatic rings. The number of amides is 1. The topological polar surface area (TPSA) is 72.6 Å². The highest BCUT2D eigenvalue weighted by Gasteiger charge is 2.35. The van der Waals surface area contributed by atoms with E-state index in [1.54, 1.807) is 0 Å². The molecule has 0 aromatic carbocycles. The van der Waals surface area contributed by atoms with Gasteiger partial charge in [0.25, 0.3) is 0 Å². The maximum absolute atomic E-state index is 12.1. The number of carbonyl (C=O) groups is 2. The second-order valence-electron chi connectivity index (χ2n) is 6.43. The maximum atomic E-state index is 12.1. The van der Waals surface area contributed by atoms with Gasteiger partial charge in [0.1, 0.15) is 11.6 Å². The summed E-state index contributed by atoms with van der Waals surface area (Å²) >= 11 is 0. The van der Waals surface area contributed by atoms with Crippen molar-refractivity contribution >= 4 is 11.9 Å². The van der Waals surface area contributed by atoms with Crippen LogP contribution in [0.25, 0.3) is 0 Å². The van der Waals surface area contributed by atoms with E-state index < -0.39 is 5.60 Å². The van der Waals surface area contributed by atoms with Crippen LogP contribution in [0.4, 0.5) is 0 Å². The first kappa shape index (κ1) is 16.0. The Morgan fingerprint density at radius 2 is 1.89 bits per heavy atom. The fourth-order valence-corrected chi connectivity index (χ4v) is 2.43. The van der Waals surface area contributed by atoms with Crippen molar-refractivity contribution in [3.63, 3.8) is 0 Å². The Kier molecular flexibility index (Phi) is 4.96. The lowest BCUT2D eigenvalue weighted by molar-refractivity contribution is -0.163. The molecule has 5 heteroatoms. The molecule has 3 atom stereocenters. The van der Waals surface area contributed by atoms with Gasteiger partial charge < -0.3 is 10.5 Å². The Hall–Kier alpha value is -1.10. The zero-order chi connectivity index (χ0) is 14.8. The van der Waals surface area contributed by atoms with E-state index in [0.717, 1.165) is 12.8 Å². The molecule has 1 amide bonds. The molecule has 5 nitrogen and oxygen atoms in total. The highest BCUT2D eigenvalue weighted by Crippen LogP contribution is 2.24. The number of hydrogen-bond donors (Lipinski definition) is 1. The number of ether oxygens (including phenoxy) is 1. The van der Waals surface area contributed by atoms with Crippen LogP contribution in [0.15, 0.2) is 0 Å². The van der Waals surface area contributed by atoms with Crippen LogP contribution in [-0.2, 0) is 14.3 Å². The molecule has 1 aliphatic heterocycles. The van der Waals surface area contributed by atoms with Gasteiger partial charge in [0.15, 0.2) is 0 Å². The summed E-state index contributed by atoms with van der Waals surface area (Å²) in [6.07, 6.45) is 1.68. The first-order chi connectivity index (χ1) is 8.61. The summed E-state index contributed by atoms with van der Waals surface area (Å²) in [6, 6.07) is -0.0884. The number of nitrogens with zero attached hydrogens (tertiary/aromatic N) is 1. The molecular formula is C14H26N2O3. The van der Waals surface area contributed by atoms with E-state index in [1.807, 2.05) is 32.6 Å². The summed E-state index contributed by atoms with van der Waals surface area (Å²) in [6.45, 7) is 9.99. The van der Waals surface area contributed by atoms with Gasteiger partial charge in [-0.1, -0.05) is 0 Å². The van der Waals surface area contributed by atoms with Crippen molar-refractivity contribution < 1.29 is 14.3 Å². The molecule has 0 spiro atoms. The smallest absolute Gasteiger partial charge is 0.323 e. The van der Waals surface area contributed by atoms with Crippen molar-refractivity contribution in [1.29, 1.82) is 0 Å². The highest BCUT2D eigenvalue weighted by molar-refractivity contribution is 5.78. The van der Waals surface area contributed by atoms with Crippen LogP contribution < -0.4 is 5.73 Å². The third-order valence-electron chi connectivity index (χ3n) is 3.58. The first-order valence-electron chi connectivity index (χ1n) is 6.89. The molecule has 0 bridgehead atoms. The lowest BCUT2D eigenvalue weighted by atomic mass is 9.91. The van der Waals surface area contributed by atoms with Gasteiger partial charge in [-0.25, -0.2) is 0 Å². The van der Waals surface area contributed by atoms with Crippen LogP contribution in [0.5, 0.6) is 0 Å². The Morgan fingerprint density at radius 3 is 2.37 bits per heavy atom. The van der Waals surface area contributed by atoms with E-state index in [-0.39, 0.29) is 29.9 Å². The molecule has 0 saturated carbocycles. The van der Waals surface area contributed by atoms with Crippen molar-refractivity contribution in [2.24, 2.45) is 11.7 Å². The monoisotopic (exact) mass is 270 g/mol. The Labute approximate surface area is 115 Å². The van der Waals surface area contributed by atoms with Gasteiger partial charge in [-0.3, -0.25) is 14.5 Å². The van der Waals surface area contributed by atoms with E-state index in [2.05, 4.69) is 6.92 Å². The van der Waals surface area contributed by atoms with Gasteiger partial charge in [-0.2, -0.15) is 0 Å². The lowest BCUT2D eigenvalue weighted by Gasteiger charge is -2.40. The zero-order valence-electron chi connectivity index (χ0n) is 12.6. The number of esters is 1. The molecule has 110 valence electrons. The molecule has 0 aromatic heterocycles. The fourth-order valence-electron chi connectivity index (χ4n) is 2.43. The number of carbonyl (C=O) groups excluding carboxylic acids is 2. The number of hydrogen-bond acceptors (Lipinski definition) is 4. The van der Waals surface area contributed by atoms with Gasteiger partial charge in [0, 0.05) is 12.6 Å². The minimum absolute atomic E-state index is 0.166. The summed E-state index contributed by atoms with van der Waals surface area (Å²) in [7, 11) is 0. The van der Waals surface area contributed by atoms with Crippen LogP contribution in [-0.4, -0.2) is 41.0 Å². The van der Waals surface area contributed by atoms with Crippen molar-refractivity contribution in [2.75, 3.05) is 6.54 Å². The lowest BCUT2D eigenvalue weighted by Crippen LogP contribution is -2.53. The fraction of sp³-hybridized carbons (Fsp3) is 0.857. The van der Waals surface area contributed by atoms with Crippen molar-refractivity contribution in [2.45, 2.75) is 65.1 Å². The SMILES string of the molecule is CC1CCC(C(N)=O)CN1C(C)C(=O)OC(C)(C)C. The summed E-state index contributed by atoms with van der Waals surface area (Å²) in [5.74, 6) is -0.696. The van der Waals surface area contributed by atoms with Gasteiger partial charge in [-0.05, 0) is 47.5 Å². The van der Waals surface area contributed by atoms with E-state index in [9.17, 15) is 9.59 Å². The molecular weight excluding hydrogens is 244 g/mol. The maximum Gasteiger partial charge on any atom is 0.323 e. The molecule has 2 N–H and O–H groups in total. The van der Waals surface area contributed by atoms with Crippen molar-refractivity contribution in [3.8, 4) is 0 Å². The van der Waals surface area contributed by atoms with Gasteiger partial charge in [-0.15, -0.1) is 0 Å². The highest BCUT2D eigenvalue weighted by atomic mass is 16.6. The molecule has 0 aromatic rings. The van der Waals surface area contributed by atoms with E-state index >= 15 is 0 Å². The Bertz CT molecular complexity index is 349. The molecule has 1 fully saturated rings. The van der Waals surface area contributed by atoms with Gasteiger partial charge >= 0.3 is 5.97 Å². The standard InChI is InChI=1S/C14H26N2O3/c1-9-6-7-11(12(15)17)8-16(9)10(2)13(18)19-14(3,4)5/h9-11H,6-8H2,1-5H3,(H2,15,17). The molecule has 0 radical (unpaired) electrons. The molecule has 1 saturated heterocycles. The third kappa shape index (κ3) is 4.49. The van der Waals surface area contributed by atoms with E-state index in [1.165, 1.54) is 0 Å². The first-order valence-corrected chi connectivity index (χ1v) is 6.89. The molecule has 1 heterocycles. The number of primary amides is 1. The van der Waals surface area contributed by atoms with Crippen LogP contribution in [0.2, 0.25) is 0 Å². The molecule has 1 rings (SSSR count). The minimum atomic E-state index is -0.493. The van der Waals surface area contributed by atoms with Crippen molar-refractivity contribution in [1.82, 2.24) is 4.90 Å². The molecule has 0 aliphatic carbocycles. The zero-order valence-corrected chi connectivity index (χ0v) is 12.6. The van der Waals surface area contributed by atoms with E-state index in [4.69, 9.17) is 10.5 Å². The largest absolute Gasteiger partial charge is 0.459 e. The van der Waals surface area contributed by atoms with E-state index in [0.29, 0.717) is 6.54 Å². The predicted octanol–water partition coefficient (Wildman–Crippen LogP) is 1.30. The normalized spacial score (nSPS) is 26.8. The Balaban J connectivity index is 2.70. The minimum Gasteiger partial charge on any atom is -0.459 e.